The van der Waals surface area contributed by atoms with Crippen LogP contribution in [-0.2, 0) is 9.59 Å². The van der Waals surface area contributed by atoms with E-state index in [2.05, 4.69) is 4.98 Å². The SMILES string of the molecule is CN(CC(=O)N1CCCC(C(=O)O)C1)C(=O)c1cc(=O)[nH]c2cc(F)ccc12. The van der Waals surface area contributed by atoms with Gasteiger partial charge < -0.3 is 19.9 Å². The second-order valence-electron chi connectivity index (χ2n) is 6.92. The van der Waals surface area contributed by atoms with Gasteiger partial charge >= 0.3 is 5.97 Å². The lowest BCUT2D eigenvalue weighted by Gasteiger charge is -2.32. The number of likely N-dealkylation sites (N-methyl/N-ethyl adjacent to an activating group) is 1. The Morgan fingerprint density at radius 3 is 2.79 bits per heavy atom. The monoisotopic (exact) mass is 389 g/mol. The summed E-state index contributed by atoms with van der Waals surface area (Å²) in [5.74, 6) is -3.01. The van der Waals surface area contributed by atoms with E-state index in [0.717, 1.165) is 12.1 Å². The summed E-state index contributed by atoms with van der Waals surface area (Å²) in [6.07, 6.45) is 1.11. The first kappa shape index (κ1) is 19.5. The van der Waals surface area contributed by atoms with Crippen LogP contribution in [0.3, 0.4) is 0 Å². The van der Waals surface area contributed by atoms with Gasteiger partial charge in [-0.05, 0) is 31.0 Å². The molecular formula is C19H20FN3O5. The molecule has 9 heteroatoms. The molecule has 1 saturated heterocycles. The molecule has 2 amide bonds. The van der Waals surface area contributed by atoms with Crippen molar-refractivity contribution in [2.24, 2.45) is 5.92 Å². The Labute approximate surface area is 159 Å². The van der Waals surface area contributed by atoms with E-state index in [-0.39, 0.29) is 30.1 Å². The molecule has 1 aliphatic rings. The molecule has 2 aromatic rings. The van der Waals surface area contributed by atoms with Crippen LogP contribution in [0.4, 0.5) is 4.39 Å². The van der Waals surface area contributed by atoms with Crippen molar-refractivity contribution in [1.29, 1.82) is 0 Å². The van der Waals surface area contributed by atoms with E-state index in [1.807, 2.05) is 0 Å². The highest BCUT2D eigenvalue weighted by Crippen LogP contribution is 2.19. The molecule has 1 aromatic heterocycles. The standard InChI is InChI=1S/C19H20FN3O5/c1-22(10-17(25)23-6-2-3-11(9-23)19(27)28)18(26)14-8-16(24)21-15-7-12(20)4-5-13(14)15/h4-5,7-8,11H,2-3,6,9-10H2,1H3,(H,21,24)(H,27,28). The van der Waals surface area contributed by atoms with Gasteiger partial charge in [0.15, 0.2) is 0 Å². The number of pyridine rings is 1. The number of carboxylic acid groups (broad SMARTS) is 1. The molecule has 148 valence electrons. The topological polar surface area (TPSA) is 111 Å². The zero-order valence-electron chi connectivity index (χ0n) is 15.3. The van der Waals surface area contributed by atoms with E-state index < -0.39 is 29.2 Å². The molecule has 3 rings (SSSR count). The Morgan fingerprint density at radius 1 is 1.32 bits per heavy atom. The number of likely N-dealkylation sites (tertiary alicyclic amines) is 1. The molecule has 28 heavy (non-hydrogen) atoms. The number of carboxylic acids is 1. The first-order chi connectivity index (χ1) is 13.3. The van der Waals surface area contributed by atoms with Gasteiger partial charge in [0, 0.05) is 31.6 Å². The van der Waals surface area contributed by atoms with Crippen molar-refractivity contribution in [2.45, 2.75) is 12.8 Å². The van der Waals surface area contributed by atoms with Gasteiger partial charge in [-0.25, -0.2) is 4.39 Å². The molecule has 0 radical (unpaired) electrons. The third-order valence-electron chi connectivity index (χ3n) is 4.88. The van der Waals surface area contributed by atoms with Crippen LogP contribution in [0.25, 0.3) is 10.9 Å². The zero-order valence-corrected chi connectivity index (χ0v) is 15.3. The number of fused-ring (bicyclic) bond motifs is 1. The van der Waals surface area contributed by atoms with E-state index >= 15 is 0 Å². The highest BCUT2D eigenvalue weighted by Gasteiger charge is 2.29. The van der Waals surface area contributed by atoms with Gasteiger partial charge in [0.25, 0.3) is 5.91 Å². The number of hydrogen-bond acceptors (Lipinski definition) is 4. The van der Waals surface area contributed by atoms with Crippen molar-refractivity contribution in [2.75, 3.05) is 26.7 Å². The van der Waals surface area contributed by atoms with Crippen LogP contribution < -0.4 is 5.56 Å². The molecular weight excluding hydrogens is 369 g/mol. The molecule has 2 heterocycles. The van der Waals surface area contributed by atoms with E-state index in [9.17, 15) is 23.6 Å². The minimum absolute atomic E-state index is 0.0658. The highest BCUT2D eigenvalue weighted by atomic mass is 19.1. The van der Waals surface area contributed by atoms with Gasteiger partial charge in [0.2, 0.25) is 11.5 Å². The Hall–Kier alpha value is -3.23. The van der Waals surface area contributed by atoms with Crippen molar-refractivity contribution in [3.8, 4) is 0 Å². The normalized spacial score (nSPS) is 16.8. The van der Waals surface area contributed by atoms with E-state index in [1.54, 1.807) is 0 Å². The van der Waals surface area contributed by atoms with Gasteiger partial charge in [-0.1, -0.05) is 0 Å². The number of nitrogens with one attached hydrogen (secondary N) is 1. The van der Waals surface area contributed by atoms with Crippen molar-refractivity contribution in [3.05, 3.63) is 46.0 Å². The summed E-state index contributed by atoms with van der Waals surface area (Å²) < 4.78 is 13.4. The molecule has 1 fully saturated rings. The number of piperidine rings is 1. The molecule has 0 spiro atoms. The van der Waals surface area contributed by atoms with Gasteiger partial charge in [-0.3, -0.25) is 19.2 Å². The number of benzene rings is 1. The highest BCUT2D eigenvalue weighted by molar-refractivity contribution is 6.06. The maximum Gasteiger partial charge on any atom is 0.308 e. The average Bonchev–Trinajstić information content (AvgIpc) is 2.66. The number of rotatable bonds is 4. The maximum absolute atomic E-state index is 13.4. The van der Waals surface area contributed by atoms with Crippen LogP contribution >= 0.6 is 0 Å². The summed E-state index contributed by atoms with van der Waals surface area (Å²) in [6.45, 7) is 0.307. The van der Waals surface area contributed by atoms with Gasteiger partial charge in [0.05, 0.1) is 23.5 Å². The largest absolute Gasteiger partial charge is 0.481 e. The van der Waals surface area contributed by atoms with Crippen molar-refractivity contribution in [1.82, 2.24) is 14.8 Å². The number of carbonyl (C=O) groups is 3. The summed E-state index contributed by atoms with van der Waals surface area (Å²) in [5.41, 5.74) is -0.298. The maximum atomic E-state index is 13.4. The van der Waals surface area contributed by atoms with Crippen LogP contribution in [0.2, 0.25) is 0 Å². The minimum Gasteiger partial charge on any atom is -0.481 e. The summed E-state index contributed by atoms with van der Waals surface area (Å²) in [4.78, 5) is 53.4. The number of amides is 2. The first-order valence-corrected chi connectivity index (χ1v) is 8.85. The van der Waals surface area contributed by atoms with Crippen LogP contribution in [0.5, 0.6) is 0 Å². The van der Waals surface area contributed by atoms with Crippen LogP contribution in [-0.4, -0.2) is 64.4 Å². The van der Waals surface area contributed by atoms with Crippen molar-refractivity contribution < 1.29 is 23.9 Å². The third-order valence-corrected chi connectivity index (χ3v) is 4.88. The molecule has 1 unspecified atom stereocenters. The molecule has 1 aliphatic heterocycles. The third kappa shape index (κ3) is 4.03. The molecule has 8 nitrogen and oxygen atoms in total. The Kier molecular flexibility index (Phi) is 5.43. The number of aromatic amines is 1. The Morgan fingerprint density at radius 2 is 2.07 bits per heavy atom. The second-order valence-corrected chi connectivity index (χ2v) is 6.92. The van der Waals surface area contributed by atoms with E-state index in [1.165, 1.54) is 29.0 Å². The number of halogens is 1. The summed E-state index contributed by atoms with van der Waals surface area (Å²) in [5, 5.41) is 9.51. The molecule has 1 atom stereocenters. The van der Waals surface area contributed by atoms with E-state index in [4.69, 9.17) is 5.11 Å². The lowest BCUT2D eigenvalue weighted by Crippen LogP contribution is -2.47. The molecule has 1 aromatic carbocycles. The second kappa shape index (κ2) is 7.79. The van der Waals surface area contributed by atoms with Crippen LogP contribution in [0, 0.1) is 11.7 Å². The first-order valence-electron chi connectivity index (χ1n) is 8.85. The fraction of sp³-hybridized carbons (Fsp3) is 0.368. The number of H-pyrrole nitrogens is 1. The number of hydrogen-bond donors (Lipinski definition) is 2. The van der Waals surface area contributed by atoms with E-state index in [0.29, 0.717) is 24.8 Å². The fourth-order valence-corrected chi connectivity index (χ4v) is 3.39. The van der Waals surface area contributed by atoms with Crippen LogP contribution in [0.15, 0.2) is 29.1 Å². The minimum atomic E-state index is -0.941. The lowest BCUT2D eigenvalue weighted by atomic mass is 9.98. The quantitative estimate of drug-likeness (QED) is 0.812. The number of nitrogens with zero attached hydrogens (tertiary/aromatic N) is 2. The number of aliphatic carboxylic acids is 1. The predicted octanol–water partition coefficient (Wildman–Crippen LogP) is 1.06. The van der Waals surface area contributed by atoms with Gasteiger partial charge in [0.1, 0.15) is 5.82 Å². The smallest absolute Gasteiger partial charge is 0.308 e. The van der Waals surface area contributed by atoms with Crippen molar-refractivity contribution >= 4 is 28.7 Å². The van der Waals surface area contributed by atoms with Gasteiger partial charge in [-0.2, -0.15) is 0 Å². The molecule has 0 bridgehead atoms. The summed E-state index contributed by atoms with van der Waals surface area (Å²) in [7, 11) is 1.43. The zero-order chi connectivity index (χ0) is 20.4. The Bertz CT molecular complexity index is 1000. The number of aromatic nitrogens is 1. The Balaban J connectivity index is 1.78. The average molecular weight is 389 g/mol. The molecule has 2 N–H and O–H groups in total. The fourth-order valence-electron chi connectivity index (χ4n) is 3.39. The molecule has 0 saturated carbocycles. The number of carbonyl (C=O) groups excluding carboxylic acids is 2. The summed E-state index contributed by atoms with van der Waals surface area (Å²) >= 11 is 0. The van der Waals surface area contributed by atoms with Gasteiger partial charge in [-0.15, -0.1) is 0 Å². The molecule has 0 aliphatic carbocycles. The van der Waals surface area contributed by atoms with Crippen LogP contribution in [0.1, 0.15) is 23.2 Å². The van der Waals surface area contributed by atoms with Crippen molar-refractivity contribution in [3.63, 3.8) is 0 Å². The predicted molar refractivity (Wildman–Crippen MR) is 98.4 cm³/mol. The summed E-state index contributed by atoms with van der Waals surface area (Å²) in [6, 6.07) is 4.82. The lowest BCUT2D eigenvalue weighted by molar-refractivity contribution is -0.145.